The summed E-state index contributed by atoms with van der Waals surface area (Å²) in [5.74, 6) is -1.49. The molecule has 3 nitrogen and oxygen atoms in total. The molecule has 0 fully saturated rings. The Bertz CT molecular complexity index is 586. The van der Waals surface area contributed by atoms with Crippen LogP contribution in [0.25, 0.3) is 5.69 Å². The fourth-order valence-electron chi connectivity index (χ4n) is 1.23. The maximum absolute atomic E-state index is 13.4. The van der Waals surface area contributed by atoms with E-state index in [0.29, 0.717) is 0 Å². The maximum atomic E-state index is 13.4. The lowest BCUT2D eigenvalue weighted by Gasteiger charge is -2.04. The van der Waals surface area contributed by atoms with Crippen LogP contribution in [0.4, 0.5) is 8.78 Å². The van der Waals surface area contributed by atoms with Gasteiger partial charge in [0.15, 0.2) is 11.0 Å². The summed E-state index contributed by atoms with van der Waals surface area (Å²) < 4.78 is 27.1. The lowest BCUT2D eigenvalue weighted by molar-refractivity contribution is 0.574. The number of rotatable bonds is 1. The summed E-state index contributed by atoms with van der Waals surface area (Å²) in [6.45, 7) is 0. The molecule has 0 saturated heterocycles. The van der Waals surface area contributed by atoms with Crippen LogP contribution in [-0.2, 0) is 0 Å². The molecule has 1 aromatic heterocycles. The minimum Gasteiger partial charge on any atom is -0.218 e. The fourth-order valence-corrected chi connectivity index (χ4v) is 1.46. The Morgan fingerprint density at radius 1 is 1.38 bits per heavy atom. The molecule has 0 aliphatic rings. The van der Waals surface area contributed by atoms with Crippen molar-refractivity contribution in [3.05, 3.63) is 46.7 Å². The molecule has 0 bridgehead atoms. The highest BCUT2D eigenvalue weighted by atomic mass is 35.5. The maximum Gasteiger partial charge on any atom is 0.151 e. The molecule has 0 spiro atoms. The zero-order chi connectivity index (χ0) is 11.7. The minimum atomic E-state index is -0.797. The Labute approximate surface area is 94.5 Å². The third kappa shape index (κ3) is 1.64. The van der Waals surface area contributed by atoms with E-state index in [9.17, 15) is 8.78 Å². The van der Waals surface area contributed by atoms with E-state index in [0.717, 1.165) is 16.8 Å². The van der Waals surface area contributed by atoms with Crippen molar-refractivity contribution in [2.75, 3.05) is 0 Å². The molecule has 0 N–H and O–H groups in total. The van der Waals surface area contributed by atoms with Gasteiger partial charge >= 0.3 is 0 Å². The van der Waals surface area contributed by atoms with Gasteiger partial charge < -0.3 is 0 Å². The summed E-state index contributed by atoms with van der Waals surface area (Å²) in [4.78, 5) is 0. The molecule has 0 saturated carbocycles. The standard InChI is InChI=1S/C10H4ClF2N3/c11-10-6(4-14)5-15-16(10)9-2-1-7(12)3-8(9)13/h1-3,5H. The summed E-state index contributed by atoms with van der Waals surface area (Å²) in [5, 5.41) is 12.4. The van der Waals surface area contributed by atoms with Crippen molar-refractivity contribution in [3.63, 3.8) is 0 Å². The van der Waals surface area contributed by atoms with Gasteiger partial charge in [0.1, 0.15) is 23.1 Å². The quantitative estimate of drug-likeness (QED) is 0.768. The summed E-state index contributed by atoms with van der Waals surface area (Å²) in [7, 11) is 0. The summed E-state index contributed by atoms with van der Waals surface area (Å²) in [6, 6.07) is 4.81. The van der Waals surface area contributed by atoms with Crippen molar-refractivity contribution < 1.29 is 8.78 Å². The first-order valence-electron chi connectivity index (χ1n) is 4.22. The number of nitrogens with zero attached hydrogens (tertiary/aromatic N) is 3. The second kappa shape index (κ2) is 3.91. The molecule has 0 unspecified atom stereocenters. The van der Waals surface area contributed by atoms with E-state index < -0.39 is 11.6 Å². The molecule has 80 valence electrons. The second-order valence-electron chi connectivity index (χ2n) is 2.97. The average molecular weight is 240 g/mol. The number of nitriles is 1. The SMILES string of the molecule is N#Cc1cnn(-c2ccc(F)cc2F)c1Cl. The van der Waals surface area contributed by atoms with Crippen molar-refractivity contribution >= 4 is 11.6 Å². The minimum absolute atomic E-state index is 0.00647. The van der Waals surface area contributed by atoms with Crippen molar-refractivity contribution in [1.82, 2.24) is 9.78 Å². The predicted molar refractivity (Wildman–Crippen MR) is 53.2 cm³/mol. The first kappa shape index (κ1) is 10.6. The largest absolute Gasteiger partial charge is 0.218 e. The number of hydrogen-bond donors (Lipinski definition) is 0. The molecule has 1 heterocycles. The van der Waals surface area contributed by atoms with Crippen LogP contribution in [0.5, 0.6) is 0 Å². The third-order valence-corrected chi connectivity index (χ3v) is 2.33. The van der Waals surface area contributed by atoms with Crippen LogP contribution in [0.15, 0.2) is 24.4 Å². The first-order valence-corrected chi connectivity index (χ1v) is 4.60. The van der Waals surface area contributed by atoms with Crippen LogP contribution in [0.3, 0.4) is 0 Å². The fraction of sp³-hybridized carbons (Fsp3) is 0. The van der Waals surface area contributed by atoms with Crippen molar-refractivity contribution in [1.29, 1.82) is 5.26 Å². The van der Waals surface area contributed by atoms with Gasteiger partial charge in [-0.3, -0.25) is 0 Å². The highest BCUT2D eigenvalue weighted by Gasteiger charge is 2.13. The first-order chi connectivity index (χ1) is 7.63. The van der Waals surface area contributed by atoms with E-state index >= 15 is 0 Å². The smallest absolute Gasteiger partial charge is 0.151 e. The predicted octanol–water partition coefficient (Wildman–Crippen LogP) is 2.68. The van der Waals surface area contributed by atoms with Gasteiger partial charge in [0.05, 0.1) is 6.20 Å². The van der Waals surface area contributed by atoms with Gasteiger partial charge in [-0.05, 0) is 12.1 Å². The monoisotopic (exact) mass is 239 g/mol. The molecule has 16 heavy (non-hydrogen) atoms. The molecule has 0 amide bonds. The number of halogens is 3. The molecule has 0 aliphatic heterocycles. The Balaban J connectivity index is 2.60. The molecule has 0 radical (unpaired) electrons. The topological polar surface area (TPSA) is 41.6 Å². The van der Waals surface area contributed by atoms with Gasteiger partial charge in [-0.25, -0.2) is 13.5 Å². The Morgan fingerprint density at radius 2 is 2.12 bits per heavy atom. The van der Waals surface area contributed by atoms with Gasteiger partial charge in [-0.2, -0.15) is 10.4 Å². The van der Waals surface area contributed by atoms with E-state index in [1.54, 1.807) is 6.07 Å². The number of hydrogen-bond acceptors (Lipinski definition) is 2. The van der Waals surface area contributed by atoms with Gasteiger partial charge in [-0.1, -0.05) is 11.6 Å². The van der Waals surface area contributed by atoms with E-state index in [2.05, 4.69) is 5.10 Å². The zero-order valence-corrected chi connectivity index (χ0v) is 8.54. The van der Waals surface area contributed by atoms with E-state index in [1.165, 1.54) is 12.3 Å². The van der Waals surface area contributed by atoms with Gasteiger partial charge in [0, 0.05) is 6.07 Å². The van der Waals surface area contributed by atoms with E-state index in [4.69, 9.17) is 16.9 Å². The summed E-state index contributed by atoms with van der Waals surface area (Å²) >= 11 is 5.79. The Morgan fingerprint density at radius 3 is 2.69 bits per heavy atom. The number of aromatic nitrogens is 2. The molecule has 1 aromatic carbocycles. The zero-order valence-electron chi connectivity index (χ0n) is 7.78. The molecule has 0 atom stereocenters. The Hall–Kier alpha value is -1.93. The van der Waals surface area contributed by atoms with Crippen LogP contribution in [0.2, 0.25) is 5.15 Å². The molecule has 6 heteroatoms. The van der Waals surface area contributed by atoms with Gasteiger partial charge in [0.25, 0.3) is 0 Å². The van der Waals surface area contributed by atoms with Crippen LogP contribution < -0.4 is 0 Å². The van der Waals surface area contributed by atoms with E-state index in [-0.39, 0.29) is 16.4 Å². The van der Waals surface area contributed by atoms with E-state index in [1.807, 2.05) is 0 Å². The average Bonchev–Trinajstić information content (AvgIpc) is 2.60. The van der Waals surface area contributed by atoms with Crippen LogP contribution in [-0.4, -0.2) is 9.78 Å². The molecule has 0 aliphatic carbocycles. The van der Waals surface area contributed by atoms with Crippen molar-refractivity contribution in [3.8, 4) is 11.8 Å². The summed E-state index contributed by atoms with van der Waals surface area (Å²) in [5.41, 5.74) is 0.123. The van der Waals surface area contributed by atoms with Gasteiger partial charge in [0.2, 0.25) is 0 Å². The molecular weight excluding hydrogens is 236 g/mol. The summed E-state index contributed by atoms with van der Waals surface area (Å²) in [6.07, 6.45) is 1.21. The van der Waals surface area contributed by atoms with Crippen molar-refractivity contribution in [2.45, 2.75) is 0 Å². The highest BCUT2D eigenvalue weighted by molar-refractivity contribution is 6.30. The highest BCUT2D eigenvalue weighted by Crippen LogP contribution is 2.21. The van der Waals surface area contributed by atoms with Crippen molar-refractivity contribution in [2.24, 2.45) is 0 Å². The van der Waals surface area contributed by atoms with Crippen LogP contribution in [0, 0.1) is 23.0 Å². The second-order valence-corrected chi connectivity index (χ2v) is 3.33. The van der Waals surface area contributed by atoms with Crippen LogP contribution in [0.1, 0.15) is 5.56 Å². The molecule has 2 aromatic rings. The Kier molecular flexibility index (Phi) is 2.59. The third-order valence-electron chi connectivity index (χ3n) is 1.97. The normalized spacial score (nSPS) is 10.1. The molecule has 2 rings (SSSR count). The lowest BCUT2D eigenvalue weighted by Crippen LogP contribution is -2.00. The number of benzene rings is 1. The van der Waals surface area contributed by atoms with Crippen LogP contribution >= 0.6 is 11.6 Å². The molecular formula is C10H4ClF2N3. The lowest BCUT2D eigenvalue weighted by atomic mass is 10.3. The van der Waals surface area contributed by atoms with Gasteiger partial charge in [-0.15, -0.1) is 0 Å².